The van der Waals surface area contributed by atoms with Crippen LogP contribution in [0.25, 0.3) is 5.69 Å². The molecule has 0 amide bonds. The minimum absolute atomic E-state index is 0.112. The van der Waals surface area contributed by atoms with Crippen molar-refractivity contribution in [1.29, 1.82) is 0 Å². The Balaban J connectivity index is 2.71. The van der Waals surface area contributed by atoms with Crippen molar-refractivity contribution >= 4 is 23.2 Å². The van der Waals surface area contributed by atoms with E-state index >= 15 is 0 Å². The van der Waals surface area contributed by atoms with E-state index in [1.807, 2.05) is 20.8 Å². The normalized spacial score (nSPS) is 11.9. The minimum atomic E-state index is -0.424. The second-order valence-corrected chi connectivity index (χ2v) is 5.75. The van der Waals surface area contributed by atoms with Gasteiger partial charge in [-0.15, -0.1) is 10.2 Å². The minimum Gasteiger partial charge on any atom is -0.266 e. The van der Waals surface area contributed by atoms with E-state index in [0.29, 0.717) is 10.8 Å². The van der Waals surface area contributed by atoms with Crippen LogP contribution in [0.1, 0.15) is 26.6 Å². The average molecular weight is 288 g/mol. The summed E-state index contributed by atoms with van der Waals surface area (Å²) < 4.78 is 15.4. The predicted molar refractivity (Wildman–Crippen MR) is 70.0 cm³/mol. The third-order valence-corrected chi connectivity index (χ3v) is 2.92. The van der Waals surface area contributed by atoms with Crippen LogP contribution in [0.2, 0.25) is 10.3 Å². The Morgan fingerprint density at radius 2 is 1.83 bits per heavy atom. The lowest BCUT2D eigenvalue weighted by Gasteiger charge is -2.19. The van der Waals surface area contributed by atoms with Crippen molar-refractivity contribution in [2.24, 2.45) is 0 Å². The number of rotatable bonds is 1. The molecule has 0 bridgehead atoms. The Bertz CT molecular complexity index is 587. The molecule has 0 atom stereocenters. The van der Waals surface area contributed by atoms with Crippen LogP contribution in [0.4, 0.5) is 4.39 Å². The van der Waals surface area contributed by atoms with Gasteiger partial charge >= 0.3 is 0 Å². The maximum absolute atomic E-state index is 13.9. The van der Waals surface area contributed by atoms with Crippen LogP contribution >= 0.6 is 23.2 Å². The van der Waals surface area contributed by atoms with E-state index < -0.39 is 5.82 Å². The van der Waals surface area contributed by atoms with Crippen molar-refractivity contribution in [3.05, 3.63) is 40.1 Å². The first kappa shape index (κ1) is 13.3. The number of aromatic nitrogens is 3. The van der Waals surface area contributed by atoms with Crippen molar-refractivity contribution < 1.29 is 4.39 Å². The van der Waals surface area contributed by atoms with E-state index in [-0.39, 0.29) is 16.4 Å². The van der Waals surface area contributed by atoms with Gasteiger partial charge in [0, 0.05) is 10.4 Å². The quantitative estimate of drug-likeness (QED) is 0.793. The van der Waals surface area contributed by atoms with Crippen LogP contribution < -0.4 is 0 Å². The van der Waals surface area contributed by atoms with E-state index in [9.17, 15) is 4.39 Å². The molecule has 0 aliphatic rings. The van der Waals surface area contributed by atoms with Crippen molar-refractivity contribution in [2.75, 3.05) is 0 Å². The second-order valence-electron chi connectivity index (χ2n) is 4.97. The van der Waals surface area contributed by atoms with Gasteiger partial charge in [-0.1, -0.05) is 32.4 Å². The summed E-state index contributed by atoms with van der Waals surface area (Å²) in [6.07, 6.45) is 0. The molecule has 0 saturated heterocycles. The summed E-state index contributed by atoms with van der Waals surface area (Å²) in [5.74, 6) is 0.153. The summed E-state index contributed by atoms with van der Waals surface area (Å²) in [6.45, 7) is 5.85. The maximum atomic E-state index is 13.9. The standard InChI is InChI=1S/C12H12Cl2FN3/c1-12(2,3)10-16-17-11(14)18(10)9-6-7(13)4-5-8(9)15/h4-6H,1-3H3. The van der Waals surface area contributed by atoms with Gasteiger partial charge in [0.15, 0.2) is 0 Å². The zero-order chi connectivity index (χ0) is 13.5. The van der Waals surface area contributed by atoms with Crippen LogP contribution in [0, 0.1) is 5.82 Å². The highest BCUT2D eigenvalue weighted by Gasteiger charge is 2.25. The van der Waals surface area contributed by atoms with Gasteiger partial charge in [-0.2, -0.15) is 0 Å². The molecule has 0 spiro atoms. The highest BCUT2D eigenvalue weighted by atomic mass is 35.5. The molecule has 2 aromatic rings. The Morgan fingerprint density at radius 3 is 2.44 bits per heavy atom. The van der Waals surface area contributed by atoms with E-state index in [1.165, 1.54) is 22.8 Å². The van der Waals surface area contributed by atoms with Crippen molar-refractivity contribution in [3.63, 3.8) is 0 Å². The summed E-state index contributed by atoms with van der Waals surface area (Å²) in [4.78, 5) is 0. The molecule has 0 saturated carbocycles. The summed E-state index contributed by atoms with van der Waals surface area (Å²) in [7, 11) is 0. The molecule has 3 nitrogen and oxygen atoms in total. The SMILES string of the molecule is CC(C)(C)c1nnc(Cl)n1-c1cc(Cl)ccc1F. The Labute approximate surface area is 115 Å². The summed E-state index contributed by atoms with van der Waals surface area (Å²) in [5.41, 5.74) is -0.0584. The zero-order valence-electron chi connectivity index (χ0n) is 10.2. The van der Waals surface area contributed by atoms with Gasteiger partial charge in [0.1, 0.15) is 11.6 Å². The van der Waals surface area contributed by atoms with Crippen LogP contribution in [0.15, 0.2) is 18.2 Å². The highest BCUT2D eigenvalue weighted by Crippen LogP contribution is 2.29. The van der Waals surface area contributed by atoms with Gasteiger partial charge in [-0.3, -0.25) is 4.57 Å². The molecular weight excluding hydrogens is 276 g/mol. The molecule has 0 fully saturated rings. The fraction of sp³-hybridized carbons (Fsp3) is 0.333. The van der Waals surface area contributed by atoms with E-state index in [2.05, 4.69) is 10.2 Å². The van der Waals surface area contributed by atoms with Gasteiger partial charge in [-0.05, 0) is 29.8 Å². The molecule has 96 valence electrons. The Hall–Kier alpha value is -1.13. The van der Waals surface area contributed by atoms with Crippen LogP contribution in [0.3, 0.4) is 0 Å². The van der Waals surface area contributed by atoms with E-state index in [0.717, 1.165) is 0 Å². The molecule has 0 unspecified atom stereocenters. The molecule has 1 aromatic carbocycles. The summed E-state index contributed by atoms with van der Waals surface area (Å²) >= 11 is 11.9. The molecule has 0 aliphatic heterocycles. The molecule has 6 heteroatoms. The van der Waals surface area contributed by atoms with E-state index in [1.54, 1.807) is 0 Å². The fourth-order valence-electron chi connectivity index (χ4n) is 1.62. The summed E-state index contributed by atoms with van der Waals surface area (Å²) in [6, 6.07) is 4.28. The predicted octanol–water partition coefficient (Wildman–Crippen LogP) is 4.01. The number of hydrogen-bond donors (Lipinski definition) is 0. The molecule has 0 radical (unpaired) electrons. The van der Waals surface area contributed by atoms with Crippen molar-refractivity contribution in [2.45, 2.75) is 26.2 Å². The third-order valence-electron chi connectivity index (χ3n) is 2.44. The molecule has 0 aliphatic carbocycles. The Kier molecular flexibility index (Phi) is 3.34. The monoisotopic (exact) mass is 287 g/mol. The van der Waals surface area contributed by atoms with Gasteiger partial charge < -0.3 is 0 Å². The maximum Gasteiger partial charge on any atom is 0.229 e. The first-order valence-corrected chi connectivity index (χ1v) is 6.13. The number of benzene rings is 1. The largest absolute Gasteiger partial charge is 0.266 e. The van der Waals surface area contributed by atoms with Crippen LogP contribution in [-0.2, 0) is 5.41 Å². The second kappa shape index (κ2) is 4.52. The first-order chi connectivity index (χ1) is 8.30. The van der Waals surface area contributed by atoms with Gasteiger partial charge in [0.2, 0.25) is 5.28 Å². The average Bonchev–Trinajstić information content (AvgIpc) is 2.63. The number of halogens is 3. The van der Waals surface area contributed by atoms with Gasteiger partial charge in [0.25, 0.3) is 0 Å². The van der Waals surface area contributed by atoms with Crippen molar-refractivity contribution in [1.82, 2.24) is 14.8 Å². The van der Waals surface area contributed by atoms with E-state index in [4.69, 9.17) is 23.2 Å². The topological polar surface area (TPSA) is 30.7 Å². The summed E-state index contributed by atoms with van der Waals surface area (Å²) in [5, 5.41) is 8.34. The lowest BCUT2D eigenvalue weighted by Crippen LogP contribution is -2.19. The number of nitrogens with zero attached hydrogens (tertiary/aromatic N) is 3. The molecule has 0 N–H and O–H groups in total. The van der Waals surface area contributed by atoms with Crippen molar-refractivity contribution in [3.8, 4) is 5.69 Å². The molecule has 1 aromatic heterocycles. The Morgan fingerprint density at radius 1 is 1.17 bits per heavy atom. The molecule has 2 rings (SSSR count). The third kappa shape index (κ3) is 2.35. The fourth-order valence-corrected chi connectivity index (χ4v) is 2.00. The lowest BCUT2D eigenvalue weighted by molar-refractivity contribution is 0.527. The number of hydrogen-bond acceptors (Lipinski definition) is 2. The van der Waals surface area contributed by atoms with Gasteiger partial charge in [-0.25, -0.2) is 4.39 Å². The molecule has 1 heterocycles. The first-order valence-electron chi connectivity index (χ1n) is 5.37. The van der Waals surface area contributed by atoms with Crippen LogP contribution in [0.5, 0.6) is 0 Å². The van der Waals surface area contributed by atoms with Gasteiger partial charge in [0.05, 0.1) is 5.69 Å². The smallest absolute Gasteiger partial charge is 0.229 e. The zero-order valence-corrected chi connectivity index (χ0v) is 11.7. The highest BCUT2D eigenvalue weighted by molar-refractivity contribution is 6.31. The lowest BCUT2D eigenvalue weighted by atomic mass is 9.95. The van der Waals surface area contributed by atoms with Crippen LogP contribution in [-0.4, -0.2) is 14.8 Å². The molecular formula is C12H12Cl2FN3. The molecule has 18 heavy (non-hydrogen) atoms.